The highest BCUT2D eigenvalue weighted by molar-refractivity contribution is 5.86. The fraction of sp³-hybridized carbons (Fsp3) is 0.0370. The van der Waals surface area contributed by atoms with Crippen LogP contribution in [0.4, 0.5) is 0 Å². The summed E-state index contributed by atoms with van der Waals surface area (Å²) in [6, 6.07) is 34.2. The van der Waals surface area contributed by atoms with Crippen LogP contribution in [0.25, 0.3) is 33.5 Å². The van der Waals surface area contributed by atoms with Crippen LogP contribution >= 0.6 is 0 Å². The minimum absolute atomic E-state index is 0.744. The van der Waals surface area contributed by atoms with Gasteiger partial charge in [-0.25, -0.2) is 9.97 Å². The van der Waals surface area contributed by atoms with Gasteiger partial charge in [-0.1, -0.05) is 72.8 Å². The predicted molar refractivity (Wildman–Crippen MR) is 122 cm³/mol. The Balaban J connectivity index is 1.64. The number of rotatable bonds is 4. The lowest BCUT2D eigenvalue weighted by Crippen LogP contribution is -1.96. The zero-order valence-electron chi connectivity index (χ0n) is 16.6. The molecule has 4 aromatic carbocycles. The van der Waals surface area contributed by atoms with Crippen molar-refractivity contribution in [1.82, 2.24) is 9.97 Å². The van der Waals surface area contributed by atoms with Crippen LogP contribution in [0, 0.1) is 6.92 Å². The molecule has 0 fully saturated rings. The van der Waals surface area contributed by atoms with Crippen LogP contribution in [0.1, 0.15) is 5.56 Å². The van der Waals surface area contributed by atoms with Gasteiger partial charge in [0.15, 0.2) is 0 Å². The lowest BCUT2D eigenvalue weighted by atomic mass is 10.0. The molecule has 0 spiro atoms. The van der Waals surface area contributed by atoms with Gasteiger partial charge in [-0.2, -0.15) is 0 Å². The van der Waals surface area contributed by atoms with Gasteiger partial charge in [0.2, 0.25) is 0 Å². The van der Waals surface area contributed by atoms with Crippen LogP contribution in [0.2, 0.25) is 0 Å². The predicted octanol–water partition coefficient (Wildman–Crippen LogP) is 7.06. The second-order valence-electron chi connectivity index (χ2n) is 7.22. The van der Waals surface area contributed by atoms with E-state index in [9.17, 15) is 0 Å². The third-order valence-electron chi connectivity index (χ3n) is 4.96. The van der Waals surface area contributed by atoms with E-state index in [0.717, 1.165) is 50.6 Å². The highest BCUT2D eigenvalue weighted by atomic mass is 16.5. The highest BCUT2D eigenvalue weighted by Crippen LogP contribution is 2.32. The normalized spacial score (nSPS) is 10.8. The van der Waals surface area contributed by atoms with Crippen LogP contribution in [0.3, 0.4) is 0 Å². The second kappa shape index (κ2) is 7.80. The van der Waals surface area contributed by atoms with Crippen LogP contribution < -0.4 is 4.74 Å². The molecule has 0 amide bonds. The van der Waals surface area contributed by atoms with Crippen molar-refractivity contribution >= 4 is 11.0 Å². The Hall–Kier alpha value is -3.98. The molecule has 0 aliphatic heterocycles. The maximum atomic E-state index is 6.06. The summed E-state index contributed by atoms with van der Waals surface area (Å²) in [4.78, 5) is 9.97. The Kier molecular flexibility index (Phi) is 4.70. The van der Waals surface area contributed by atoms with Crippen molar-refractivity contribution in [3.63, 3.8) is 0 Å². The van der Waals surface area contributed by atoms with Gasteiger partial charge in [0.25, 0.3) is 0 Å². The van der Waals surface area contributed by atoms with Crippen molar-refractivity contribution in [1.29, 1.82) is 0 Å². The number of ether oxygens (including phenoxy) is 1. The molecule has 144 valence electrons. The standard InChI is InChI=1S/C27H20N2O/c1-19-9-8-14-22(17-19)30-23-15-16-24-25(18-23)29-27(21-12-6-3-7-13-21)26(28-24)20-10-4-2-5-11-20/h2-18H,1H3. The van der Waals surface area contributed by atoms with Crippen molar-refractivity contribution < 1.29 is 4.74 Å². The number of hydrogen-bond acceptors (Lipinski definition) is 3. The first-order valence-electron chi connectivity index (χ1n) is 9.93. The molecule has 1 aromatic heterocycles. The minimum atomic E-state index is 0.744. The lowest BCUT2D eigenvalue weighted by Gasteiger charge is -2.12. The van der Waals surface area contributed by atoms with Crippen molar-refractivity contribution in [2.75, 3.05) is 0 Å². The Morgan fingerprint density at radius 3 is 1.77 bits per heavy atom. The molecular formula is C27H20N2O. The molecular weight excluding hydrogens is 368 g/mol. The third kappa shape index (κ3) is 3.65. The van der Waals surface area contributed by atoms with Gasteiger partial charge in [-0.05, 0) is 36.8 Å². The van der Waals surface area contributed by atoms with E-state index in [4.69, 9.17) is 14.7 Å². The average Bonchev–Trinajstić information content (AvgIpc) is 2.79. The zero-order valence-corrected chi connectivity index (χ0v) is 16.6. The molecule has 1 heterocycles. The highest BCUT2D eigenvalue weighted by Gasteiger charge is 2.13. The Labute approximate surface area is 175 Å². The molecule has 3 heteroatoms. The Morgan fingerprint density at radius 2 is 1.13 bits per heavy atom. The summed E-state index contributed by atoms with van der Waals surface area (Å²) in [7, 11) is 0. The fourth-order valence-electron chi connectivity index (χ4n) is 3.51. The molecule has 5 rings (SSSR count). The lowest BCUT2D eigenvalue weighted by molar-refractivity contribution is 0.483. The summed E-state index contributed by atoms with van der Waals surface area (Å²) in [5, 5.41) is 0. The summed E-state index contributed by atoms with van der Waals surface area (Å²) < 4.78 is 6.06. The van der Waals surface area contributed by atoms with E-state index in [1.807, 2.05) is 72.8 Å². The average molecular weight is 388 g/mol. The first-order valence-corrected chi connectivity index (χ1v) is 9.93. The number of fused-ring (bicyclic) bond motifs is 1. The van der Waals surface area contributed by atoms with Gasteiger partial charge in [0.1, 0.15) is 11.5 Å². The number of aryl methyl sites for hydroxylation is 1. The van der Waals surface area contributed by atoms with Crippen LogP contribution in [-0.4, -0.2) is 9.97 Å². The molecule has 0 bridgehead atoms. The maximum absolute atomic E-state index is 6.06. The smallest absolute Gasteiger partial charge is 0.129 e. The van der Waals surface area contributed by atoms with Gasteiger partial charge in [0.05, 0.1) is 22.4 Å². The maximum Gasteiger partial charge on any atom is 0.129 e. The number of benzene rings is 4. The van der Waals surface area contributed by atoms with Gasteiger partial charge in [-0.3, -0.25) is 0 Å². The number of nitrogens with zero attached hydrogens (tertiary/aromatic N) is 2. The molecule has 0 aliphatic rings. The largest absolute Gasteiger partial charge is 0.457 e. The third-order valence-corrected chi connectivity index (χ3v) is 4.96. The minimum Gasteiger partial charge on any atom is -0.457 e. The van der Waals surface area contributed by atoms with E-state index in [1.54, 1.807) is 0 Å². The molecule has 5 aromatic rings. The van der Waals surface area contributed by atoms with E-state index < -0.39 is 0 Å². The van der Waals surface area contributed by atoms with E-state index in [0.29, 0.717) is 0 Å². The van der Waals surface area contributed by atoms with Crippen LogP contribution in [0.5, 0.6) is 11.5 Å². The van der Waals surface area contributed by atoms with Gasteiger partial charge in [-0.15, -0.1) is 0 Å². The number of hydrogen-bond donors (Lipinski definition) is 0. The van der Waals surface area contributed by atoms with Gasteiger partial charge < -0.3 is 4.74 Å². The topological polar surface area (TPSA) is 35.0 Å². The second-order valence-corrected chi connectivity index (χ2v) is 7.22. The number of aromatic nitrogens is 2. The molecule has 0 saturated heterocycles. The van der Waals surface area contributed by atoms with Gasteiger partial charge >= 0.3 is 0 Å². The van der Waals surface area contributed by atoms with E-state index in [2.05, 4.69) is 37.3 Å². The molecule has 0 radical (unpaired) electrons. The summed E-state index contributed by atoms with van der Waals surface area (Å²) in [6.07, 6.45) is 0. The van der Waals surface area contributed by atoms with E-state index >= 15 is 0 Å². The van der Waals surface area contributed by atoms with Crippen molar-refractivity contribution in [2.24, 2.45) is 0 Å². The van der Waals surface area contributed by atoms with Gasteiger partial charge in [0, 0.05) is 17.2 Å². The molecule has 0 aliphatic carbocycles. The Bertz CT molecular complexity index is 1320. The van der Waals surface area contributed by atoms with E-state index in [1.165, 1.54) is 0 Å². The summed E-state index contributed by atoms with van der Waals surface area (Å²) in [5.41, 5.74) is 6.63. The summed E-state index contributed by atoms with van der Waals surface area (Å²) in [6.45, 7) is 2.05. The van der Waals surface area contributed by atoms with Crippen molar-refractivity contribution in [3.05, 3.63) is 109 Å². The summed E-state index contributed by atoms with van der Waals surface area (Å²) >= 11 is 0. The van der Waals surface area contributed by atoms with Crippen molar-refractivity contribution in [3.8, 4) is 34.0 Å². The summed E-state index contributed by atoms with van der Waals surface area (Å²) in [5.74, 6) is 1.56. The first-order chi connectivity index (χ1) is 14.8. The quantitative estimate of drug-likeness (QED) is 0.330. The van der Waals surface area contributed by atoms with Crippen LogP contribution in [-0.2, 0) is 0 Å². The zero-order chi connectivity index (χ0) is 20.3. The molecule has 0 saturated carbocycles. The molecule has 3 nitrogen and oxygen atoms in total. The monoisotopic (exact) mass is 388 g/mol. The fourth-order valence-corrected chi connectivity index (χ4v) is 3.51. The molecule has 0 N–H and O–H groups in total. The van der Waals surface area contributed by atoms with E-state index in [-0.39, 0.29) is 0 Å². The molecule has 0 unspecified atom stereocenters. The van der Waals surface area contributed by atoms with Crippen molar-refractivity contribution in [2.45, 2.75) is 6.92 Å². The molecule has 30 heavy (non-hydrogen) atoms. The SMILES string of the molecule is Cc1cccc(Oc2ccc3nc(-c4ccccc4)c(-c4ccccc4)nc3c2)c1. The first kappa shape index (κ1) is 18.1. The van der Waals surface area contributed by atoms with Crippen LogP contribution in [0.15, 0.2) is 103 Å². The Morgan fingerprint density at radius 1 is 0.533 bits per heavy atom. The molecule has 0 atom stereocenters.